The fraction of sp³-hybridized carbons (Fsp3) is 0. The number of hydrogen-bond donors (Lipinski definition) is 0. The summed E-state index contributed by atoms with van der Waals surface area (Å²) in [4.78, 5) is 0. The van der Waals surface area contributed by atoms with E-state index in [1.54, 1.807) is 0 Å². The van der Waals surface area contributed by atoms with E-state index >= 15 is 0 Å². The van der Waals surface area contributed by atoms with E-state index in [1.807, 2.05) is 0 Å². The Kier molecular flexibility index (Phi) is 7.21. The van der Waals surface area contributed by atoms with Crippen LogP contribution < -0.4 is 15.9 Å². The van der Waals surface area contributed by atoms with Crippen molar-refractivity contribution in [3.63, 3.8) is 0 Å². The molecule has 2 heteroatoms. The predicted molar refractivity (Wildman–Crippen MR) is 145 cm³/mol. The average molecular weight is 637 g/mol. The van der Waals surface area contributed by atoms with Crippen LogP contribution in [-0.4, -0.2) is 0 Å². The third kappa shape index (κ3) is 4.85. The third-order valence-corrected chi connectivity index (χ3v) is 18.5. The van der Waals surface area contributed by atoms with Crippen molar-refractivity contribution in [1.29, 1.82) is 0 Å². The molecule has 0 N–H and O–H groups in total. The van der Waals surface area contributed by atoms with E-state index in [0.717, 1.165) is 5.56 Å². The molecule has 0 spiro atoms. The number of rotatable bonds is 5. The topological polar surface area (TPSA) is 0 Å². The van der Waals surface area contributed by atoms with Gasteiger partial charge in [0.25, 0.3) is 0 Å². The Morgan fingerprint density at radius 2 is 0.794 bits per heavy atom. The molecule has 0 bridgehead atoms. The van der Waals surface area contributed by atoms with Gasteiger partial charge in [0.2, 0.25) is 0 Å². The maximum absolute atomic E-state index is 3.71. The molecular formula is C32H25AuP. The molecule has 0 unspecified atom stereocenters. The molecule has 0 amide bonds. The van der Waals surface area contributed by atoms with Crippen molar-refractivity contribution in [2.75, 3.05) is 0 Å². The van der Waals surface area contributed by atoms with Crippen molar-refractivity contribution >= 4 is 21.1 Å². The minimum atomic E-state index is -2.22. The van der Waals surface area contributed by atoms with Gasteiger partial charge in [-0.25, -0.2) is 0 Å². The van der Waals surface area contributed by atoms with Crippen LogP contribution in [0.1, 0.15) is 5.56 Å². The van der Waals surface area contributed by atoms with Crippen molar-refractivity contribution in [3.8, 4) is 21.2 Å². The zero-order valence-corrected chi connectivity index (χ0v) is 21.8. The van der Waals surface area contributed by atoms with Crippen molar-refractivity contribution in [1.82, 2.24) is 0 Å². The molecular weight excluding hydrogens is 612 g/mol. The summed E-state index contributed by atoms with van der Waals surface area (Å²) in [6, 6.07) is 52.3. The molecule has 0 aliphatic carbocycles. The van der Waals surface area contributed by atoms with Crippen LogP contribution in [0.25, 0.3) is 11.1 Å². The van der Waals surface area contributed by atoms with Crippen LogP contribution in [0.2, 0.25) is 0 Å². The van der Waals surface area contributed by atoms with Gasteiger partial charge in [0.1, 0.15) is 0 Å². The zero-order chi connectivity index (χ0) is 23.1. The van der Waals surface area contributed by atoms with Gasteiger partial charge in [-0.1, -0.05) is 0 Å². The van der Waals surface area contributed by atoms with E-state index < -0.39 is 5.15 Å². The van der Waals surface area contributed by atoms with E-state index in [9.17, 15) is 0 Å². The Morgan fingerprint density at radius 1 is 0.412 bits per heavy atom. The monoisotopic (exact) mass is 637 g/mol. The third-order valence-electron chi connectivity index (χ3n) is 5.77. The summed E-state index contributed by atoms with van der Waals surface area (Å²) >= 11 is -0.314. The van der Waals surface area contributed by atoms with E-state index in [4.69, 9.17) is 0 Å². The normalized spacial score (nSPS) is 11.4. The first-order valence-electron chi connectivity index (χ1n) is 11.3. The van der Waals surface area contributed by atoms with Crippen LogP contribution in [-0.2, 0) is 19.2 Å². The molecule has 0 nitrogen and oxygen atoms in total. The predicted octanol–water partition coefficient (Wildman–Crippen LogP) is 6.39. The second-order valence-corrected chi connectivity index (χ2v) is 18.0. The fourth-order valence-electron chi connectivity index (χ4n) is 4.09. The van der Waals surface area contributed by atoms with Crippen LogP contribution in [0.5, 0.6) is 0 Å². The van der Waals surface area contributed by atoms with Crippen LogP contribution in [0, 0.1) is 10.1 Å². The van der Waals surface area contributed by atoms with Gasteiger partial charge in [0, 0.05) is 0 Å². The van der Waals surface area contributed by atoms with E-state index in [1.165, 1.54) is 27.0 Å². The van der Waals surface area contributed by atoms with Gasteiger partial charge in [-0.05, 0) is 0 Å². The Hall–Kier alpha value is -3.17. The molecule has 34 heavy (non-hydrogen) atoms. The van der Waals surface area contributed by atoms with Gasteiger partial charge >= 0.3 is 213 Å². The van der Waals surface area contributed by atoms with E-state index in [2.05, 4.69) is 156 Å². The summed E-state index contributed by atoms with van der Waals surface area (Å²) in [5, 5.41) is 2.08. The van der Waals surface area contributed by atoms with Crippen LogP contribution in [0.4, 0.5) is 0 Å². The molecule has 0 atom stereocenters. The standard InChI is InChI=1S/C18H15P.C14H9.Au/c1-4-10-16(11-5-1)19(17-12-6-2-7-13-17)18-14-8-3-9-15-18;1-2-12-8-10-14(11-9-12)13-6-4-3-5-7-13;/h1-15H;3-11H;/q;;-1/p+1. The van der Waals surface area contributed by atoms with Gasteiger partial charge in [-0.3, -0.25) is 0 Å². The summed E-state index contributed by atoms with van der Waals surface area (Å²) in [5.74, 6) is 3.52. The summed E-state index contributed by atoms with van der Waals surface area (Å²) in [6.07, 6.45) is 0. The first-order chi connectivity index (χ1) is 16.9. The first-order valence-corrected chi connectivity index (χ1v) is 17.4. The molecule has 0 aliphatic heterocycles. The van der Waals surface area contributed by atoms with E-state index in [-0.39, 0.29) is 19.2 Å². The van der Waals surface area contributed by atoms with Gasteiger partial charge in [0.05, 0.1) is 0 Å². The molecule has 0 aromatic heterocycles. The Balaban J connectivity index is 1.55. The second-order valence-electron chi connectivity index (χ2n) is 7.92. The molecule has 5 aromatic rings. The molecule has 0 saturated carbocycles. The molecule has 0 heterocycles. The number of benzene rings is 5. The van der Waals surface area contributed by atoms with E-state index in [0.29, 0.717) is 0 Å². The van der Waals surface area contributed by atoms with Crippen LogP contribution in [0.3, 0.4) is 0 Å². The molecule has 5 rings (SSSR count). The van der Waals surface area contributed by atoms with Gasteiger partial charge in [0.15, 0.2) is 0 Å². The Bertz CT molecular complexity index is 1290. The summed E-state index contributed by atoms with van der Waals surface area (Å²) in [7, 11) is 0. The van der Waals surface area contributed by atoms with Crippen molar-refractivity contribution in [2.45, 2.75) is 0 Å². The molecule has 5 aromatic carbocycles. The minimum absolute atomic E-state index is 0.314. The Labute approximate surface area is 211 Å². The SMILES string of the molecule is [C](#Cc1ccc(-c2ccccc2)cc1)[Au][PH](c1ccccc1)(c1ccccc1)c1ccccc1. The Morgan fingerprint density at radius 3 is 1.24 bits per heavy atom. The maximum atomic E-state index is 3.71. The molecule has 169 valence electrons. The molecule has 0 aliphatic rings. The molecule has 0 fully saturated rings. The van der Waals surface area contributed by atoms with Crippen LogP contribution in [0.15, 0.2) is 146 Å². The van der Waals surface area contributed by atoms with Crippen molar-refractivity contribution < 1.29 is 19.2 Å². The first kappa shape index (κ1) is 22.6. The van der Waals surface area contributed by atoms with Crippen LogP contribution >= 0.6 is 5.15 Å². The summed E-state index contributed by atoms with van der Waals surface area (Å²) < 4.78 is 3.71. The van der Waals surface area contributed by atoms with Gasteiger partial charge in [-0.2, -0.15) is 0 Å². The van der Waals surface area contributed by atoms with Crippen molar-refractivity contribution in [3.05, 3.63) is 151 Å². The molecule has 0 radical (unpaired) electrons. The van der Waals surface area contributed by atoms with Gasteiger partial charge in [-0.15, -0.1) is 0 Å². The second kappa shape index (κ2) is 10.8. The average Bonchev–Trinajstić information content (AvgIpc) is 2.93. The summed E-state index contributed by atoms with van der Waals surface area (Å²) in [5.41, 5.74) is 3.53. The van der Waals surface area contributed by atoms with Gasteiger partial charge < -0.3 is 0 Å². The van der Waals surface area contributed by atoms with Crippen molar-refractivity contribution in [2.24, 2.45) is 0 Å². The zero-order valence-electron chi connectivity index (χ0n) is 18.7. The quantitative estimate of drug-likeness (QED) is 0.119. The number of hydrogen-bond acceptors (Lipinski definition) is 0. The fourth-order valence-corrected chi connectivity index (χ4v) is 15.4. The summed E-state index contributed by atoms with van der Waals surface area (Å²) in [6.45, 7) is 0. The molecule has 0 saturated heterocycles.